The molecule has 1 fully saturated rings. The molecule has 1 unspecified atom stereocenters. The van der Waals surface area contributed by atoms with Gasteiger partial charge < -0.3 is 10.5 Å². The zero-order valence-electron chi connectivity index (χ0n) is 12.0. The van der Waals surface area contributed by atoms with Crippen LogP contribution in [0.3, 0.4) is 0 Å². The summed E-state index contributed by atoms with van der Waals surface area (Å²) in [5, 5.41) is 2.34. The van der Waals surface area contributed by atoms with E-state index in [0.717, 1.165) is 49.0 Å². The van der Waals surface area contributed by atoms with Crippen molar-refractivity contribution in [2.24, 2.45) is 5.92 Å². The van der Waals surface area contributed by atoms with Crippen molar-refractivity contribution < 1.29 is 4.74 Å². The first kappa shape index (κ1) is 14.2. The molecule has 0 saturated carbocycles. The van der Waals surface area contributed by atoms with Crippen LogP contribution in [-0.2, 0) is 6.42 Å². The fraction of sp³-hybridized carbons (Fsp3) is 0.600. The molecule has 0 spiro atoms. The number of hydrogen-bond acceptors (Lipinski definition) is 4. The minimum Gasteiger partial charge on any atom is -0.497 e. The first-order valence-corrected chi connectivity index (χ1v) is 7.10. The van der Waals surface area contributed by atoms with Gasteiger partial charge in [-0.3, -0.25) is 5.43 Å². The van der Waals surface area contributed by atoms with Gasteiger partial charge in [-0.05, 0) is 48.9 Å². The molecule has 1 aliphatic rings. The Balaban J connectivity index is 1.81. The molecule has 1 atom stereocenters. The van der Waals surface area contributed by atoms with E-state index < -0.39 is 0 Å². The number of methoxy groups -OCH3 is 1. The quantitative estimate of drug-likeness (QED) is 0.798. The van der Waals surface area contributed by atoms with Crippen molar-refractivity contribution in [2.75, 3.05) is 32.5 Å². The van der Waals surface area contributed by atoms with Crippen LogP contribution in [0.25, 0.3) is 0 Å². The average molecular weight is 263 g/mol. The summed E-state index contributed by atoms with van der Waals surface area (Å²) in [7, 11) is 1.68. The normalized spacial score (nSPS) is 20.4. The van der Waals surface area contributed by atoms with E-state index >= 15 is 0 Å². The molecule has 106 valence electrons. The Hall–Kier alpha value is -1.26. The number of nitrogens with two attached hydrogens (primary N) is 1. The van der Waals surface area contributed by atoms with Crippen molar-refractivity contribution in [3.8, 4) is 5.75 Å². The topological polar surface area (TPSA) is 50.5 Å². The third-order valence-electron chi connectivity index (χ3n) is 3.74. The maximum Gasteiger partial charge on any atom is 0.119 e. The number of rotatable bonds is 5. The smallest absolute Gasteiger partial charge is 0.119 e. The number of nitrogen functional groups attached to an aromatic ring is 1. The molecule has 0 aliphatic carbocycles. The standard InChI is InChI=1S/C15H25N3O/c1-12-4-3-9-18(11-12)17-8-7-13-10-14(19-2)5-6-15(13)16/h5-6,10,12,17H,3-4,7-9,11,16H2,1-2H3. The average Bonchev–Trinajstić information content (AvgIpc) is 2.41. The molecule has 2 rings (SSSR count). The maximum absolute atomic E-state index is 5.99. The van der Waals surface area contributed by atoms with Gasteiger partial charge in [0.25, 0.3) is 0 Å². The van der Waals surface area contributed by atoms with E-state index in [-0.39, 0.29) is 0 Å². The fourth-order valence-electron chi connectivity index (χ4n) is 2.61. The molecule has 0 aromatic heterocycles. The van der Waals surface area contributed by atoms with E-state index in [9.17, 15) is 0 Å². The molecule has 1 saturated heterocycles. The second-order valence-electron chi connectivity index (χ2n) is 5.42. The Labute approximate surface area is 115 Å². The predicted octanol–water partition coefficient (Wildman–Crippen LogP) is 2.06. The number of hydrazine groups is 1. The van der Waals surface area contributed by atoms with E-state index in [0.29, 0.717) is 0 Å². The second kappa shape index (κ2) is 6.78. The molecule has 1 aromatic rings. The van der Waals surface area contributed by atoms with E-state index in [4.69, 9.17) is 10.5 Å². The number of piperidine rings is 1. The van der Waals surface area contributed by atoms with Gasteiger partial charge in [0, 0.05) is 25.3 Å². The number of benzene rings is 1. The second-order valence-corrected chi connectivity index (χ2v) is 5.42. The number of nitrogens with zero attached hydrogens (tertiary/aromatic N) is 1. The van der Waals surface area contributed by atoms with Crippen LogP contribution in [0.15, 0.2) is 18.2 Å². The zero-order chi connectivity index (χ0) is 13.7. The molecule has 4 nitrogen and oxygen atoms in total. The Bertz CT molecular complexity index is 408. The van der Waals surface area contributed by atoms with Crippen LogP contribution in [0.2, 0.25) is 0 Å². The van der Waals surface area contributed by atoms with Gasteiger partial charge >= 0.3 is 0 Å². The highest BCUT2D eigenvalue weighted by molar-refractivity contribution is 5.50. The summed E-state index contributed by atoms with van der Waals surface area (Å²) in [4.78, 5) is 0. The van der Waals surface area contributed by atoms with Crippen molar-refractivity contribution >= 4 is 5.69 Å². The summed E-state index contributed by atoms with van der Waals surface area (Å²) in [6.07, 6.45) is 3.56. The van der Waals surface area contributed by atoms with Crippen molar-refractivity contribution in [1.29, 1.82) is 0 Å². The number of hydrogen-bond donors (Lipinski definition) is 2. The van der Waals surface area contributed by atoms with E-state index in [2.05, 4.69) is 17.4 Å². The summed E-state index contributed by atoms with van der Waals surface area (Å²) in [6, 6.07) is 5.84. The molecule has 4 heteroatoms. The zero-order valence-corrected chi connectivity index (χ0v) is 12.0. The lowest BCUT2D eigenvalue weighted by atomic mass is 10.0. The predicted molar refractivity (Wildman–Crippen MR) is 79.1 cm³/mol. The highest BCUT2D eigenvalue weighted by atomic mass is 16.5. The Morgan fingerprint density at radius 1 is 1.47 bits per heavy atom. The van der Waals surface area contributed by atoms with Crippen LogP contribution >= 0.6 is 0 Å². The van der Waals surface area contributed by atoms with Gasteiger partial charge in [-0.1, -0.05) is 6.92 Å². The lowest BCUT2D eigenvalue weighted by Crippen LogP contribution is -2.45. The maximum atomic E-state index is 5.99. The van der Waals surface area contributed by atoms with E-state index in [1.807, 2.05) is 18.2 Å². The molecule has 0 radical (unpaired) electrons. The number of anilines is 1. The third-order valence-corrected chi connectivity index (χ3v) is 3.74. The Morgan fingerprint density at radius 3 is 3.05 bits per heavy atom. The lowest BCUT2D eigenvalue weighted by molar-refractivity contribution is 0.122. The van der Waals surface area contributed by atoms with Crippen molar-refractivity contribution in [1.82, 2.24) is 10.4 Å². The molecular weight excluding hydrogens is 238 g/mol. The summed E-state index contributed by atoms with van der Waals surface area (Å²) in [5.41, 5.74) is 11.5. The molecular formula is C15H25N3O. The first-order valence-electron chi connectivity index (χ1n) is 7.10. The highest BCUT2D eigenvalue weighted by Gasteiger charge is 2.15. The van der Waals surface area contributed by atoms with Crippen LogP contribution in [0.5, 0.6) is 5.75 Å². The number of ether oxygens (including phenoxy) is 1. The molecule has 0 bridgehead atoms. The minimum atomic E-state index is 0.795. The largest absolute Gasteiger partial charge is 0.497 e. The van der Waals surface area contributed by atoms with Crippen molar-refractivity contribution in [3.05, 3.63) is 23.8 Å². The molecule has 19 heavy (non-hydrogen) atoms. The minimum absolute atomic E-state index is 0.795. The van der Waals surface area contributed by atoms with Crippen LogP contribution in [-0.4, -0.2) is 31.8 Å². The SMILES string of the molecule is COc1ccc(N)c(CCNN2CCCC(C)C2)c1. The van der Waals surface area contributed by atoms with Gasteiger partial charge in [0.05, 0.1) is 7.11 Å². The summed E-state index contributed by atoms with van der Waals surface area (Å²) >= 11 is 0. The molecule has 0 amide bonds. The van der Waals surface area contributed by atoms with Crippen molar-refractivity contribution in [2.45, 2.75) is 26.2 Å². The van der Waals surface area contributed by atoms with Crippen LogP contribution in [0.1, 0.15) is 25.3 Å². The monoisotopic (exact) mass is 263 g/mol. The molecule has 1 heterocycles. The van der Waals surface area contributed by atoms with Gasteiger partial charge in [0.1, 0.15) is 5.75 Å². The number of nitrogens with one attached hydrogen (secondary N) is 1. The van der Waals surface area contributed by atoms with Gasteiger partial charge in [-0.2, -0.15) is 0 Å². The first-order chi connectivity index (χ1) is 9.19. The Morgan fingerprint density at radius 2 is 2.32 bits per heavy atom. The van der Waals surface area contributed by atoms with Crippen LogP contribution in [0.4, 0.5) is 5.69 Å². The van der Waals surface area contributed by atoms with E-state index in [1.54, 1.807) is 7.11 Å². The van der Waals surface area contributed by atoms with Gasteiger partial charge in [-0.25, -0.2) is 5.01 Å². The van der Waals surface area contributed by atoms with Gasteiger partial charge in [0.2, 0.25) is 0 Å². The molecule has 3 N–H and O–H groups in total. The van der Waals surface area contributed by atoms with E-state index in [1.165, 1.54) is 12.8 Å². The fourth-order valence-corrected chi connectivity index (χ4v) is 2.61. The lowest BCUT2D eigenvalue weighted by Gasteiger charge is -2.31. The third kappa shape index (κ3) is 4.11. The van der Waals surface area contributed by atoms with Crippen molar-refractivity contribution in [3.63, 3.8) is 0 Å². The Kier molecular flexibility index (Phi) is 5.05. The summed E-state index contributed by atoms with van der Waals surface area (Å²) < 4.78 is 5.23. The van der Waals surface area contributed by atoms with Gasteiger partial charge in [-0.15, -0.1) is 0 Å². The summed E-state index contributed by atoms with van der Waals surface area (Å²) in [5.74, 6) is 1.67. The summed E-state index contributed by atoms with van der Waals surface area (Å²) in [6.45, 7) is 5.53. The van der Waals surface area contributed by atoms with Crippen LogP contribution < -0.4 is 15.9 Å². The van der Waals surface area contributed by atoms with Crippen LogP contribution in [0, 0.1) is 5.92 Å². The molecule has 1 aliphatic heterocycles. The highest BCUT2D eigenvalue weighted by Crippen LogP contribution is 2.20. The molecule has 1 aromatic carbocycles. The van der Waals surface area contributed by atoms with Gasteiger partial charge in [0.15, 0.2) is 0 Å².